The first kappa shape index (κ1) is 17.5. The third-order valence-electron chi connectivity index (χ3n) is 2.82. The number of carbonyl (C=O) groups is 2. The van der Waals surface area contributed by atoms with Crippen LogP contribution in [0.4, 0.5) is 0 Å². The van der Waals surface area contributed by atoms with Gasteiger partial charge in [-0.3, -0.25) is 9.59 Å². The Balaban J connectivity index is 2.13. The zero-order valence-corrected chi connectivity index (χ0v) is 12.9. The minimum atomic E-state index is -0.270. The van der Waals surface area contributed by atoms with E-state index < -0.39 is 0 Å². The van der Waals surface area contributed by atoms with Crippen molar-refractivity contribution in [1.29, 1.82) is 0 Å². The standard InChI is InChI=1S/C15H21ClN2O3/c1-21-10-2-8-17-14(19)11-15(20)18-9-7-12-3-5-13(16)6-4-12/h3-6H,2,7-11H2,1H3,(H,17,19)(H,18,20). The summed E-state index contributed by atoms with van der Waals surface area (Å²) in [6.45, 7) is 1.61. The maximum atomic E-state index is 11.6. The summed E-state index contributed by atoms with van der Waals surface area (Å²) in [4.78, 5) is 23.0. The van der Waals surface area contributed by atoms with E-state index in [4.69, 9.17) is 16.3 Å². The molecule has 0 saturated carbocycles. The van der Waals surface area contributed by atoms with E-state index in [1.807, 2.05) is 24.3 Å². The van der Waals surface area contributed by atoms with Crippen molar-refractivity contribution in [2.45, 2.75) is 19.3 Å². The summed E-state index contributed by atoms with van der Waals surface area (Å²) in [5.74, 6) is -0.539. The number of rotatable bonds is 9. The number of ether oxygens (including phenoxy) is 1. The van der Waals surface area contributed by atoms with Gasteiger partial charge in [-0.05, 0) is 30.5 Å². The molecule has 1 aromatic carbocycles. The second-order valence-electron chi connectivity index (χ2n) is 4.60. The average Bonchev–Trinajstić information content (AvgIpc) is 2.46. The van der Waals surface area contributed by atoms with Crippen LogP contribution in [0.5, 0.6) is 0 Å². The third kappa shape index (κ3) is 8.32. The molecule has 0 aliphatic rings. The summed E-state index contributed by atoms with van der Waals surface area (Å²) >= 11 is 5.79. The molecular formula is C15H21ClN2O3. The zero-order chi connectivity index (χ0) is 15.5. The molecule has 1 rings (SSSR count). The first-order valence-corrected chi connectivity index (χ1v) is 7.26. The smallest absolute Gasteiger partial charge is 0.229 e. The number of amides is 2. The zero-order valence-electron chi connectivity index (χ0n) is 12.2. The third-order valence-corrected chi connectivity index (χ3v) is 3.07. The number of halogens is 1. The normalized spacial score (nSPS) is 10.2. The SMILES string of the molecule is COCCCNC(=O)CC(=O)NCCc1ccc(Cl)cc1. The van der Waals surface area contributed by atoms with Gasteiger partial charge in [0.05, 0.1) is 0 Å². The Morgan fingerprint density at radius 1 is 1.10 bits per heavy atom. The van der Waals surface area contributed by atoms with Crippen LogP contribution >= 0.6 is 11.6 Å². The van der Waals surface area contributed by atoms with E-state index >= 15 is 0 Å². The Morgan fingerprint density at radius 2 is 1.71 bits per heavy atom. The van der Waals surface area contributed by atoms with Crippen LogP contribution in [0.15, 0.2) is 24.3 Å². The van der Waals surface area contributed by atoms with Gasteiger partial charge in [0.1, 0.15) is 6.42 Å². The summed E-state index contributed by atoms with van der Waals surface area (Å²) in [6, 6.07) is 7.45. The molecule has 0 saturated heterocycles. The molecule has 0 atom stereocenters. The molecule has 21 heavy (non-hydrogen) atoms. The molecule has 5 nitrogen and oxygen atoms in total. The van der Waals surface area contributed by atoms with E-state index in [2.05, 4.69) is 10.6 Å². The van der Waals surface area contributed by atoms with Crippen LogP contribution in [0.1, 0.15) is 18.4 Å². The lowest BCUT2D eigenvalue weighted by molar-refractivity contribution is -0.129. The molecule has 0 fully saturated rings. The minimum Gasteiger partial charge on any atom is -0.385 e. The van der Waals surface area contributed by atoms with Gasteiger partial charge in [0, 0.05) is 31.8 Å². The average molecular weight is 313 g/mol. The lowest BCUT2D eigenvalue weighted by Gasteiger charge is -2.06. The highest BCUT2D eigenvalue weighted by Gasteiger charge is 2.08. The Morgan fingerprint density at radius 3 is 2.33 bits per heavy atom. The summed E-state index contributed by atoms with van der Waals surface area (Å²) < 4.78 is 4.87. The van der Waals surface area contributed by atoms with Crippen LogP contribution in [0.25, 0.3) is 0 Å². The molecule has 0 bridgehead atoms. The van der Waals surface area contributed by atoms with E-state index in [1.54, 1.807) is 7.11 Å². The molecule has 2 amide bonds. The van der Waals surface area contributed by atoms with Crippen LogP contribution in [0.3, 0.4) is 0 Å². The van der Waals surface area contributed by atoms with Crippen LogP contribution < -0.4 is 10.6 Å². The van der Waals surface area contributed by atoms with Gasteiger partial charge in [-0.25, -0.2) is 0 Å². The largest absolute Gasteiger partial charge is 0.385 e. The summed E-state index contributed by atoms with van der Waals surface area (Å²) in [6.07, 6.45) is 1.30. The molecule has 0 aromatic heterocycles. The van der Waals surface area contributed by atoms with E-state index in [1.165, 1.54) is 0 Å². The van der Waals surface area contributed by atoms with Crippen molar-refractivity contribution < 1.29 is 14.3 Å². The fourth-order valence-electron chi connectivity index (χ4n) is 1.71. The quantitative estimate of drug-likeness (QED) is 0.537. The van der Waals surface area contributed by atoms with Gasteiger partial charge in [-0.2, -0.15) is 0 Å². The van der Waals surface area contributed by atoms with Crippen molar-refractivity contribution in [3.63, 3.8) is 0 Å². The highest BCUT2D eigenvalue weighted by Crippen LogP contribution is 2.09. The van der Waals surface area contributed by atoms with Crippen LogP contribution in [0, 0.1) is 0 Å². The van der Waals surface area contributed by atoms with Gasteiger partial charge in [0.15, 0.2) is 0 Å². The maximum absolute atomic E-state index is 11.6. The molecule has 6 heteroatoms. The number of methoxy groups -OCH3 is 1. The fourth-order valence-corrected chi connectivity index (χ4v) is 1.84. The highest BCUT2D eigenvalue weighted by molar-refractivity contribution is 6.30. The Hall–Kier alpha value is -1.59. The summed E-state index contributed by atoms with van der Waals surface area (Å²) in [7, 11) is 1.61. The fraction of sp³-hybridized carbons (Fsp3) is 0.467. The first-order valence-electron chi connectivity index (χ1n) is 6.88. The van der Waals surface area contributed by atoms with Crippen molar-refractivity contribution in [3.05, 3.63) is 34.9 Å². The molecular weight excluding hydrogens is 292 g/mol. The van der Waals surface area contributed by atoms with E-state index in [-0.39, 0.29) is 18.2 Å². The van der Waals surface area contributed by atoms with E-state index in [0.717, 1.165) is 12.0 Å². The Labute approximate surface area is 130 Å². The minimum absolute atomic E-state index is 0.145. The summed E-state index contributed by atoms with van der Waals surface area (Å²) in [5.41, 5.74) is 1.09. The number of hydrogen-bond donors (Lipinski definition) is 2. The van der Waals surface area contributed by atoms with Crippen molar-refractivity contribution in [2.24, 2.45) is 0 Å². The van der Waals surface area contributed by atoms with Gasteiger partial charge in [-0.1, -0.05) is 23.7 Å². The molecule has 116 valence electrons. The monoisotopic (exact) mass is 312 g/mol. The maximum Gasteiger partial charge on any atom is 0.229 e. The first-order chi connectivity index (χ1) is 10.1. The highest BCUT2D eigenvalue weighted by atomic mass is 35.5. The summed E-state index contributed by atoms with van der Waals surface area (Å²) in [5, 5.41) is 6.08. The van der Waals surface area contributed by atoms with Crippen molar-refractivity contribution in [1.82, 2.24) is 10.6 Å². The second-order valence-corrected chi connectivity index (χ2v) is 5.04. The van der Waals surface area contributed by atoms with E-state index in [0.29, 0.717) is 31.1 Å². The lowest BCUT2D eigenvalue weighted by Crippen LogP contribution is -2.33. The molecule has 2 N–H and O–H groups in total. The Bertz CT molecular complexity index is 449. The van der Waals surface area contributed by atoms with Crippen molar-refractivity contribution in [3.8, 4) is 0 Å². The number of hydrogen-bond acceptors (Lipinski definition) is 3. The van der Waals surface area contributed by atoms with Crippen LogP contribution in [0.2, 0.25) is 5.02 Å². The van der Waals surface area contributed by atoms with Gasteiger partial charge < -0.3 is 15.4 Å². The van der Waals surface area contributed by atoms with Gasteiger partial charge >= 0.3 is 0 Å². The molecule has 1 aromatic rings. The van der Waals surface area contributed by atoms with Gasteiger partial charge in [0.25, 0.3) is 0 Å². The van der Waals surface area contributed by atoms with E-state index in [9.17, 15) is 9.59 Å². The number of benzene rings is 1. The molecule has 0 unspecified atom stereocenters. The number of carbonyl (C=O) groups excluding carboxylic acids is 2. The predicted molar refractivity (Wildman–Crippen MR) is 82.3 cm³/mol. The number of nitrogens with one attached hydrogen (secondary N) is 2. The van der Waals surface area contributed by atoms with Gasteiger partial charge in [-0.15, -0.1) is 0 Å². The van der Waals surface area contributed by atoms with Crippen molar-refractivity contribution >= 4 is 23.4 Å². The van der Waals surface area contributed by atoms with Crippen molar-refractivity contribution in [2.75, 3.05) is 26.8 Å². The predicted octanol–water partition coefficient (Wildman–Crippen LogP) is 1.54. The molecule has 0 aliphatic heterocycles. The lowest BCUT2D eigenvalue weighted by atomic mass is 10.1. The Kier molecular flexibility index (Phi) is 8.47. The van der Waals surface area contributed by atoms with Crippen LogP contribution in [-0.4, -0.2) is 38.6 Å². The van der Waals surface area contributed by atoms with Crippen LogP contribution in [-0.2, 0) is 20.7 Å². The molecule has 0 aliphatic carbocycles. The second kappa shape index (κ2) is 10.2. The topological polar surface area (TPSA) is 67.4 Å². The molecule has 0 spiro atoms. The molecule has 0 heterocycles. The molecule has 0 radical (unpaired) electrons. The van der Waals surface area contributed by atoms with Gasteiger partial charge in [0.2, 0.25) is 11.8 Å².